The molecule has 2 aromatic carbocycles. The maximum Gasteiger partial charge on any atom is 0.258 e. The number of hydrogen-bond donors (Lipinski definition) is 1. The molecule has 1 fully saturated rings. The number of anilines is 2. The SMILES string of the molecule is Cc1ccccc1N1C[C@@H](c2nnc(NC(=O)c3ccccc3Br)s2)CC1=O. The van der Waals surface area contributed by atoms with Crippen molar-refractivity contribution in [2.75, 3.05) is 16.8 Å². The van der Waals surface area contributed by atoms with E-state index in [1.165, 1.54) is 11.3 Å². The fourth-order valence-electron chi connectivity index (χ4n) is 3.23. The zero-order chi connectivity index (χ0) is 19.7. The maximum atomic E-state index is 12.5. The van der Waals surface area contributed by atoms with E-state index in [1.54, 1.807) is 17.0 Å². The van der Waals surface area contributed by atoms with Crippen LogP contribution in [0.5, 0.6) is 0 Å². The van der Waals surface area contributed by atoms with Gasteiger partial charge in [0.05, 0.1) is 5.56 Å². The molecule has 6 nitrogen and oxygen atoms in total. The molecule has 2 heterocycles. The summed E-state index contributed by atoms with van der Waals surface area (Å²) in [5, 5.41) is 12.3. The lowest BCUT2D eigenvalue weighted by Crippen LogP contribution is -2.25. The Morgan fingerprint density at radius 2 is 1.93 bits per heavy atom. The molecule has 3 aromatic rings. The first-order chi connectivity index (χ1) is 13.5. The second-order valence-corrected chi connectivity index (χ2v) is 8.43. The molecule has 1 aromatic heterocycles. The van der Waals surface area contributed by atoms with Gasteiger partial charge in [-0.05, 0) is 46.6 Å². The van der Waals surface area contributed by atoms with E-state index in [2.05, 4.69) is 31.4 Å². The number of hydrogen-bond acceptors (Lipinski definition) is 5. The normalized spacial score (nSPS) is 16.4. The van der Waals surface area contributed by atoms with E-state index in [9.17, 15) is 9.59 Å². The summed E-state index contributed by atoms with van der Waals surface area (Å²) >= 11 is 4.69. The Bertz CT molecular complexity index is 1050. The predicted molar refractivity (Wildman–Crippen MR) is 113 cm³/mol. The van der Waals surface area contributed by atoms with Crippen LogP contribution in [0.4, 0.5) is 10.8 Å². The fraction of sp³-hybridized carbons (Fsp3) is 0.200. The number of para-hydroxylation sites is 1. The van der Waals surface area contributed by atoms with Crippen LogP contribution in [0.1, 0.15) is 33.3 Å². The van der Waals surface area contributed by atoms with Crippen molar-refractivity contribution in [1.29, 1.82) is 0 Å². The van der Waals surface area contributed by atoms with Crippen molar-refractivity contribution in [2.45, 2.75) is 19.3 Å². The number of carbonyl (C=O) groups is 2. The van der Waals surface area contributed by atoms with Gasteiger partial charge in [0.1, 0.15) is 5.01 Å². The molecule has 28 heavy (non-hydrogen) atoms. The van der Waals surface area contributed by atoms with E-state index in [1.807, 2.05) is 43.3 Å². The Balaban J connectivity index is 1.48. The fourth-order valence-corrected chi connectivity index (χ4v) is 4.53. The molecular formula is C20H17BrN4O2S. The zero-order valence-corrected chi connectivity index (χ0v) is 17.5. The van der Waals surface area contributed by atoms with E-state index in [0.29, 0.717) is 28.1 Å². The van der Waals surface area contributed by atoms with Gasteiger partial charge >= 0.3 is 0 Å². The van der Waals surface area contributed by atoms with Crippen molar-refractivity contribution in [1.82, 2.24) is 10.2 Å². The van der Waals surface area contributed by atoms with Crippen LogP contribution in [-0.2, 0) is 4.79 Å². The predicted octanol–water partition coefficient (Wildman–Crippen LogP) is 4.38. The minimum Gasteiger partial charge on any atom is -0.311 e. The van der Waals surface area contributed by atoms with E-state index >= 15 is 0 Å². The Hall–Kier alpha value is -2.58. The first kappa shape index (κ1) is 18.8. The van der Waals surface area contributed by atoms with Gasteiger partial charge in [-0.1, -0.05) is 41.7 Å². The van der Waals surface area contributed by atoms with Crippen molar-refractivity contribution in [3.8, 4) is 0 Å². The molecule has 0 unspecified atom stereocenters. The molecule has 4 rings (SSSR count). The highest BCUT2D eigenvalue weighted by Crippen LogP contribution is 2.35. The van der Waals surface area contributed by atoms with E-state index in [-0.39, 0.29) is 17.7 Å². The van der Waals surface area contributed by atoms with Crippen LogP contribution in [0.15, 0.2) is 53.0 Å². The smallest absolute Gasteiger partial charge is 0.258 e. The van der Waals surface area contributed by atoms with Crippen molar-refractivity contribution < 1.29 is 9.59 Å². The monoisotopic (exact) mass is 456 g/mol. The molecular weight excluding hydrogens is 440 g/mol. The van der Waals surface area contributed by atoms with Crippen molar-refractivity contribution in [3.63, 3.8) is 0 Å². The van der Waals surface area contributed by atoms with E-state index in [0.717, 1.165) is 16.3 Å². The molecule has 0 radical (unpaired) electrons. The van der Waals surface area contributed by atoms with Gasteiger partial charge < -0.3 is 4.90 Å². The zero-order valence-electron chi connectivity index (χ0n) is 15.1. The minimum atomic E-state index is -0.251. The van der Waals surface area contributed by atoms with Gasteiger partial charge in [-0.25, -0.2) is 0 Å². The number of nitrogens with zero attached hydrogens (tertiary/aromatic N) is 3. The average Bonchev–Trinajstić information content (AvgIpc) is 3.29. The third-order valence-corrected chi connectivity index (χ3v) is 6.35. The van der Waals surface area contributed by atoms with Crippen LogP contribution in [0.3, 0.4) is 0 Å². The first-order valence-electron chi connectivity index (χ1n) is 8.78. The van der Waals surface area contributed by atoms with Crippen LogP contribution in [0.2, 0.25) is 0 Å². The van der Waals surface area contributed by atoms with Crippen LogP contribution >= 0.6 is 27.3 Å². The van der Waals surface area contributed by atoms with Gasteiger partial charge in [0, 0.05) is 29.0 Å². The highest BCUT2D eigenvalue weighted by atomic mass is 79.9. The lowest BCUT2D eigenvalue weighted by molar-refractivity contribution is -0.117. The number of amides is 2. The second-order valence-electron chi connectivity index (χ2n) is 6.57. The molecule has 0 saturated carbocycles. The number of aromatic nitrogens is 2. The molecule has 0 aliphatic carbocycles. The number of halogens is 1. The van der Waals surface area contributed by atoms with Gasteiger partial charge in [0.2, 0.25) is 11.0 Å². The Labute approximate surface area is 174 Å². The molecule has 142 valence electrons. The summed E-state index contributed by atoms with van der Waals surface area (Å²) in [4.78, 5) is 26.8. The van der Waals surface area contributed by atoms with Crippen LogP contribution in [0.25, 0.3) is 0 Å². The quantitative estimate of drug-likeness (QED) is 0.631. The summed E-state index contributed by atoms with van der Waals surface area (Å²) in [5.41, 5.74) is 2.53. The Kier molecular flexibility index (Phi) is 5.23. The number of rotatable bonds is 4. The third-order valence-electron chi connectivity index (χ3n) is 4.66. The highest BCUT2D eigenvalue weighted by molar-refractivity contribution is 9.10. The van der Waals surface area contributed by atoms with E-state index < -0.39 is 0 Å². The average molecular weight is 457 g/mol. The van der Waals surface area contributed by atoms with Crippen LogP contribution < -0.4 is 10.2 Å². The Morgan fingerprint density at radius 1 is 1.18 bits per heavy atom. The standard InChI is InChI=1S/C20H17BrN4O2S/c1-12-6-2-5-9-16(12)25-11-13(10-17(25)26)19-23-24-20(28-19)22-18(27)14-7-3-4-8-15(14)21/h2-9,13H,10-11H2,1H3,(H,22,24,27)/t13-/m0/s1. The van der Waals surface area contributed by atoms with Gasteiger partial charge in [0.15, 0.2) is 0 Å². The third kappa shape index (κ3) is 3.70. The maximum absolute atomic E-state index is 12.5. The summed E-state index contributed by atoms with van der Waals surface area (Å²) in [6, 6.07) is 15.0. The summed E-state index contributed by atoms with van der Waals surface area (Å²) in [5.74, 6) is -0.203. The molecule has 1 saturated heterocycles. The lowest BCUT2D eigenvalue weighted by Gasteiger charge is -2.18. The lowest BCUT2D eigenvalue weighted by atomic mass is 10.1. The summed E-state index contributed by atoms with van der Waals surface area (Å²) in [7, 11) is 0. The topological polar surface area (TPSA) is 75.2 Å². The molecule has 0 spiro atoms. The first-order valence-corrected chi connectivity index (χ1v) is 10.4. The van der Waals surface area contributed by atoms with Crippen LogP contribution in [0, 0.1) is 6.92 Å². The molecule has 8 heteroatoms. The second kappa shape index (κ2) is 7.81. The van der Waals surface area contributed by atoms with Crippen molar-refractivity contribution in [2.24, 2.45) is 0 Å². The molecule has 2 amide bonds. The largest absolute Gasteiger partial charge is 0.311 e. The Morgan fingerprint density at radius 3 is 2.71 bits per heavy atom. The molecule has 1 atom stereocenters. The molecule has 1 aliphatic heterocycles. The van der Waals surface area contributed by atoms with Gasteiger partial charge in [0.25, 0.3) is 5.91 Å². The highest BCUT2D eigenvalue weighted by Gasteiger charge is 2.34. The van der Waals surface area contributed by atoms with Crippen LogP contribution in [-0.4, -0.2) is 28.6 Å². The molecule has 1 N–H and O–H groups in total. The number of carbonyl (C=O) groups excluding carboxylic acids is 2. The summed E-state index contributed by atoms with van der Waals surface area (Å²) < 4.78 is 0.715. The summed E-state index contributed by atoms with van der Waals surface area (Å²) in [6.07, 6.45) is 0.390. The van der Waals surface area contributed by atoms with Gasteiger partial charge in [-0.3, -0.25) is 14.9 Å². The van der Waals surface area contributed by atoms with Crippen molar-refractivity contribution >= 4 is 49.9 Å². The summed E-state index contributed by atoms with van der Waals surface area (Å²) in [6.45, 7) is 2.56. The van der Waals surface area contributed by atoms with Gasteiger partial charge in [-0.2, -0.15) is 0 Å². The van der Waals surface area contributed by atoms with Gasteiger partial charge in [-0.15, -0.1) is 10.2 Å². The van der Waals surface area contributed by atoms with Crippen molar-refractivity contribution in [3.05, 3.63) is 69.1 Å². The number of aryl methyl sites for hydroxylation is 1. The minimum absolute atomic E-state index is 0.0290. The number of nitrogens with one attached hydrogen (secondary N) is 1. The molecule has 1 aliphatic rings. The molecule has 0 bridgehead atoms. The number of benzene rings is 2. The van der Waals surface area contributed by atoms with E-state index in [4.69, 9.17) is 0 Å².